The third kappa shape index (κ3) is 3.88. The van der Waals surface area contributed by atoms with Gasteiger partial charge in [0, 0.05) is 30.5 Å². The third-order valence-electron chi connectivity index (χ3n) is 2.57. The molecule has 1 heterocycles. The molecule has 16 heavy (non-hydrogen) atoms. The minimum atomic E-state index is 0.729. The largest absolute Gasteiger partial charge is 0.359 e. The van der Waals surface area contributed by atoms with Gasteiger partial charge in [0.2, 0.25) is 6.41 Å². The summed E-state index contributed by atoms with van der Waals surface area (Å²) in [5.74, 6) is 0. The zero-order valence-electron chi connectivity index (χ0n) is 9.61. The van der Waals surface area contributed by atoms with Gasteiger partial charge in [0.05, 0.1) is 0 Å². The minimum absolute atomic E-state index is 0.729. The van der Waals surface area contributed by atoms with Crippen LogP contribution in [0.5, 0.6) is 0 Å². The third-order valence-corrected chi connectivity index (χ3v) is 2.57. The van der Waals surface area contributed by atoms with Gasteiger partial charge in [-0.25, -0.2) is 0 Å². The van der Waals surface area contributed by atoms with Gasteiger partial charge in [-0.05, 0) is 32.3 Å². The molecule has 0 aliphatic rings. The zero-order chi connectivity index (χ0) is 11.8. The van der Waals surface area contributed by atoms with Crippen molar-refractivity contribution in [3.63, 3.8) is 0 Å². The lowest BCUT2D eigenvalue weighted by molar-refractivity contribution is -0.109. The normalized spacial score (nSPS) is 10.1. The van der Waals surface area contributed by atoms with E-state index in [1.165, 1.54) is 0 Å². The molecule has 0 fully saturated rings. The number of hydrogen-bond donors (Lipinski definition) is 1. The van der Waals surface area contributed by atoms with E-state index in [1.54, 1.807) is 0 Å². The molecule has 0 saturated carbocycles. The molecular formula is C12H18N2O2. The summed E-state index contributed by atoms with van der Waals surface area (Å²) < 4.78 is 2.09. The first-order chi connectivity index (χ1) is 7.77. The molecule has 0 saturated heterocycles. The van der Waals surface area contributed by atoms with Crippen molar-refractivity contribution in [1.82, 2.24) is 9.88 Å². The van der Waals surface area contributed by atoms with Crippen molar-refractivity contribution in [2.75, 3.05) is 6.54 Å². The molecule has 0 unspecified atom stereocenters. The van der Waals surface area contributed by atoms with Gasteiger partial charge < -0.3 is 9.88 Å². The second-order valence-electron chi connectivity index (χ2n) is 3.86. The Morgan fingerprint density at radius 1 is 1.31 bits per heavy atom. The van der Waals surface area contributed by atoms with Crippen LogP contribution in [0.2, 0.25) is 0 Å². The van der Waals surface area contributed by atoms with Gasteiger partial charge in [-0.2, -0.15) is 0 Å². The van der Waals surface area contributed by atoms with E-state index in [1.807, 2.05) is 19.2 Å². The van der Waals surface area contributed by atoms with Gasteiger partial charge in [-0.15, -0.1) is 0 Å². The Labute approximate surface area is 95.6 Å². The fourth-order valence-electron chi connectivity index (χ4n) is 1.69. The maximum absolute atomic E-state index is 10.6. The molecule has 0 atom stereocenters. The van der Waals surface area contributed by atoms with Crippen LogP contribution in [0.15, 0.2) is 12.3 Å². The van der Waals surface area contributed by atoms with E-state index < -0.39 is 0 Å². The Kier molecular flexibility index (Phi) is 5.32. The van der Waals surface area contributed by atoms with Gasteiger partial charge in [0.25, 0.3) is 0 Å². The van der Waals surface area contributed by atoms with E-state index >= 15 is 0 Å². The summed E-state index contributed by atoms with van der Waals surface area (Å²) in [4.78, 5) is 20.6. The van der Waals surface area contributed by atoms with Crippen molar-refractivity contribution in [3.8, 4) is 0 Å². The lowest BCUT2D eigenvalue weighted by atomic mass is 10.2. The molecule has 0 radical (unpaired) electrons. The molecule has 0 aromatic carbocycles. The van der Waals surface area contributed by atoms with Crippen molar-refractivity contribution in [3.05, 3.63) is 23.5 Å². The molecule has 0 bridgehead atoms. The van der Waals surface area contributed by atoms with E-state index in [4.69, 9.17) is 0 Å². The average Bonchev–Trinajstić information content (AvgIpc) is 2.65. The molecule has 4 heteroatoms. The highest BCUT2D eigenvalue weighted by atomic mass is 16.1. The Morgan fingerprint density at radius 2 is 2.12 bits per heavy atom. The van der Waals surface area contributed by atoms with Crippen LogP contribution in [0.3, 0.4) is 0 Å². The molecular weight excluding hydrogens is 204 g/mol. The van der Waals surface area contributed by atoms with Crippen LogP contribution >= 0.6 is 0 Å². The number of aryl methyl sites for hydroxylation is 2. The number of carbonyl (C=O) groups is 2. The summed E-state index contributed by atoms with van der Waals surface area (Å²) >= 11 is 0. The van der Waals surface area contributed by atoms with Crippen LogP contribution < -0.4 is 5.32 Å². The predicted octanol–water partition coefficient (Wildman–Crippen LogP) is 1.53. The van der Waals surface area contributed by atoms with Gasteiger partial charge >= 0.3 is 0 Å². The number of amides is 1. The summed E-state index contributed by atoms with van der Waals surface area (Å²) in [5.41, 5.74) is 1.85. The second kappa shape index (κ2) is 6.82. The Bertz CT molecular complexity index is 345. The van der Waals surface area contributed by atoms with Crippen LogP contribution in [-0.4, -0.2) is 23.8 Å². The minimum Gasteiger partial charge on any atom is -0.359 e. The van der Waals surface area contributed by atoms with Crippen molar-refractivity contribution in [1.29, 1.82) is 0 Å². The second-order valence-corrected chi connectivity index (χ2v) is 3.86. The first kappa shape index (κ1) is 12.5. The summed E-state index contributed by atoms with van der Waals surface area (Å²) in [5, 5.41) is 2.64. The highest BCUT2D eigenvalue weighted by Gasteiger charge is 2.00. The van der Waals surface area contributed by atoms with Gasteiger partial charge in [0.15, 0.2) is 6.29 Å². The Hall–Kier alpha value is -1.58. The highest BCUT2D eigenvalue weighted by molar-refractivity contribution is 5.74. The monoisotopic (exact) mass is 222 g/mol. The molecule has 1 amide bonds. The fourth-order valence-corrected chi connectivity index (χ4v) is 1.69. The van der Waals surface area contributed by atoms with Crippen LogP contribution in [-0.2, 0) is 11.3 Å². The number of unbranched alkanes of at least 4 members (excludes halogenated alkanes) is 2. The number of rotatable bonds is 8. The number of hydrogen-bond acceptors (Lipinski definition) is 2. The van der Waals surface area contributed by atoms with Crippen LogP contribution in [0.25, 0.3) is 0 Å². The first-order valence-corrected chi connectivity index (χ1v) is 5.57. The van der Waals surface area contributed by atoms with E-state index in [-0.39, 0.29) is 0 Å². The maximum atomic E-state index is 10.6. The number of carbonyl (C=O) groups excluding carboxylic acids is 2. The summed E-state index contributed by atoms with van der Waals surface area (Å²) in [6.45, 7) is 3.68. The van der Waals surface area contributed by atoms with E-state index in [0.717, 1.165) is 56.3 Å². The molecule has 88 valence electrons. The molecule has 1 aromatic heterocycles. The summed E-state index contributed by atoms with van der Waals surface area (Å²) in [7, 11) is 0. The maximum Gasteiger partial charge on any atom is 0.207 e. The predicted molar refractivity (Wildman–Crippen MR) is 62.5 cm³/mol. The SMILES string of the molecule is Cc1cc(C=O)cn1CCCCCNC=O. The van der Waals surface area contributed by atoms with Crippen molar-refractivity contribution >= 4 is 12.7 Å². The Balaban J connectivity index is 2.23. The van der Waals surface area contributed by atoms with Crippen LogP contribution in [0.4, 0.5) is 0 Å². The highest BCUT2D eigenvalue weighted by Crippen LogP contribution is 2.08. The number of nitrogens with one attached hydrogen (secondary N) is 1. The zero-order valence-corrected chi connectivity index (χ0v) is 9.61. The molecule has 0 aliphatic heterocycles. The number of nitrogens with zero attached hydrogens (tertiary/aromatic N) is 1. The van der Waals surface area contributed by atoms with Gasteiger partial charge in [-0.1, -0.05) is 0 Å². The summed E-state index contributed by atoms with van der Waals surface area (Å²) in [6.07, 6.45) is 6.62. The quantitative estimate of drug-likeness (QED) is 0.535. The smallest absolute Gasteiger partial charge is 0.207 e. The van der Waals surface area contributed by atoms with E-state index in [9.17, 15) is 9.59 Å². The molecule has 4 nitrogen and oxygen atoms in total. The van der Waals surface area contributed by atoms with Crippen LogP contribution in [0.1, 0.15) is 35.3 Å². The first-order valence-electron chi connectivity index (χ1n) is 5.57. The van der Waals surface area contributed by atoms with Crippen LogP contribution in [0, 0.1) is 6.92 Å². The number of aldehydes is 1. The Morgan fingerprint density at radius 3 is 2.75 bits per heavy atom. The molecule has 1 N–H and O–H groups in total. The fraction of sp³-hybridized carbons (Fsp3) is 0.500. The van der Waals surface area contributed by atoms with Crippen molar-refractivity contribution in [2.45, 2.75) is 32.7 Å². The number of aromatic nitrogens is 1. The summed E-state index contributed by atoms with van der Waals surface area (Å²) in [6, 6.07) is 1.89. The lowest BCUT2D eigenvalue weighted by Gasteiger charge is -2.05. The molecule has 1 rings (SSSR count). The van der Waals surface area contributed by atoms with E-state index in [0.29, 0.717) is 0 Å². The topological polar surface area (TPSA) is 51.1 Å². The van der Waals surface area contributed by atoms with Gasteiger partial charge in [0.1, 0.15) is 0 Å². The molecule has 0 aliphatic carbocycles. The average molecular weight is 222 g/mol. The molecule has 1 aromatic rings. The standard InChI is InChI=1S/C12H18N2O2/c1-11-7-12(9-15)8-14(11)6-4-2-3-5-13-10-16/h7-10H,2-6H2,1H3,(H,13,16). The molecule has 0 spiro atoms. The van der Waals surface area contributed by atoms with E-state index in [2.05, 4.69) is 9.88 Å². The van der Waals surface area contributed by atoms with Gasteiger partial charge in [-0.3, -0.25) is 9.59 Å². The van der Waals surface area contributed by atoms with Crippen molar-refractivity contribution in [2.24, 2.45) is 0 Å². The lowest BCUT2D eigenvalue weighted by Crippen LogP contribution is -2.12. The van der Waals surface area contributed by atoms with Crippen molar-refractivity contribution < 1.29 is 9.59 Å².